The Labute approximate surface area is 99.9 Å². The molecule has 0 atom stereocenters. The summed E-state index contributed by atoms with van der Waals surface area (Å²) in [5, 5.41) is 9.77. The topological polar surface area (TPSA) is 23.5 Å². The lowest BCUT2D eigenvalue weighted by Crippen LogP contribution is -2.63. The van der Waals surface area contributed by atoms with Crippen LogP contribution < -0.4 is 0 Å². The van der Waals surface area contributed by atoms with Crippen LogP contribution in [0, 0.1) is 0 Å². The molecule has 1 aromatic rings. The van der Waals surface area contributed by atoms with Gasteiger partial charge in [-0.05, 0) is 6.42 Å². The minimum absolute atomic E-state index is 0.0342. The molecule has 2 nitrogen and oxygen atoms in total. The van der Waals surface area contributed by atoms with Gasteiger partial charge in [-0.25, -0.2) is 0 Å². The SMILES string of the molecule is CCC1(O)CN(CC(F)(F)c2ccccc2)C1. The molecule has 0 aromatic heterocycles. The van der Waals surface area contributed by atoms with Crippen molar-refractivity contribution in [2.75, 3.05) is 19.6 Å². The molecule has 0 saturated carbocycles. The largest absolute Gasteiger partial charge is 0.387 e. The van der Waals surface area contributed by atoms with Crippen molar-refractivity contribution in [2.45, 2.75) is 24.9 Å². The third-order valence-electron chi connectivity index (χ3n) is 3.31. The summed E-state index contributed by atoms with van der Waals surface area (Å²) in [7, 11) is 0. The lowest BCUT2D eigenvalue weighted by molar-refractivity contribution is -0.138. The van der Waals surface area contributed by atoms with Crippen molar-refractivity contribution < 1.29 is 13.9 Å². The average Bonchev–Trinajstić information content (AvgIpc) is 2.27. The van der Waals surface area contributed by atoms with E-state index in [9.17, 15) is 13.9 Å². The van der Waals surface area contributed by atoms with Crippen molar-refractivity contribution in [2.24, 2.45) is 0 Å². The lowest BCUT2D eigenvalue weighted by atomic mass is 9.90. The second-order valence-corrected chi connectivity index (χ2v) is 4.79. The van der Waals surface area contributed by atoms with Crippen LogP contribution in [-0.4, -0.2) is 35.2 Å². The Hall–Kier alpha value is -1.00. The van der Waals surface area contributed by atoms with Crippen molar-refractivity contribution in [3.63, 3.8) is 0 Å². The molecule has 1 heterocycles. The van der Waals surface area contributed by atoms with Crippen LogP contribution in [0.2, 0.25) is 0 Å². The summed E-state index contributed by atoms with van der Waals surface area (Å²) >= 11 is 0. The van der Waals surface area contributed by atoms with Gasteiger partial charge in [-0.3, -0.25) is 4.90 Å². The monoisotopic (exact) mass is 241 g/mol. The standard InChI is InChI=1S/C13H17F2NO/c1-2-12(17)8-16(9-12)10-13(14,15)11-6-4-3-5-7-11/h3-7,17H,2,8-10H2,1H3. The maximum atomic E-state index is 13.9. The van der Waals surface area contributed by atoms with E-state index in [1.807, 2.05) is 6.92 Å². The van der Waals surface area contributed by atoms with Crippen LogP contribution in [0.3, 0.4) is 0 Å². The van der Waals surface area contributed by atoms with Gasteiger partial charge in [0.25, 0.3) is 5.92 Å². The summed E-state index contributed by atoms with van der Waals surface area (Å²) in [5.74, 6) is -2.85. The van der Waals surface area contributed by atoms with Crippen LogP contribution in [-0.2, 0) is 5.92 Å². The summed E-state index contributed by atoms with van der Waals surface area (Å²) in [6.07, 6.45) is 0.612. The Morgan fingerprint density at radius 2 is 1.88 bits per heavy atom. The average molecular weight is 241 g/mol. The summed E-state index contributed by atoms with van der Waals surface area (Å²) in [5.41, 5.74) is -0.723. The molecule has 4 heteroatoms. The zero-order valence-electron chi connectivity index (χ0n) is 9.87. The quantitative estimate of drug-likeness (QED) is 0.873. The van der Waals surface area contributed by atoms with Crippen LogP contribution >= 0.6 is 0 Å². The summed E-state index contributed by atoms with van der Waals surface area (Å²) in [6.45, 7) is 2.23. The molecule has 1 aliphatic heterocycles. The number of benzene rings is 1. The van der Waals surface area contributed by atoms with Gasteiger partial charge in [-0.1, -0.05) is 37.3 Å². The van der Waals surface area contributed by atoms with Crippen molar-refractivity contribution in [3.8, 4) is 0 Å². The van der Waals surface area contributed by atoms with Crippen LogP contribution in [0.1, 0.15) is 18.9 Å². The maximum Gasteiger partial charge on any atom is 0.285 e. The van der Waals surface area contributed by atoms with E-state index in [0.717, 1.165) is 0 Å². The molecule has 1 aliphatic rings. The molecule has 0 radical (unpaired) electrons. The van der Waals surface area contributed by atoms with E-state index < -0.39 is 11.5 Å². The first-order valence-corrected chi connectivity index (χ1v) is 5.83. The molecule has 1 aromatic carbocycles. The lowest BCUT2D eigenvalue weighted by Gasteiger charge is -2.47. The summed E-state index contributed by atoms with van der Waals surface area (Å²) in [4.78, 5) is 1.59. The third kappa shape index (κ3) is 2.64. The van der Waals surface area contributed by atoms with Gasteiger partial charge in [0.15, 0.2) is 0 Å². The Bertz CT molecular complexity index is 374. The molecule has 1 N–H and O–H groups in total. The highest BCUT2D eigenvalue weighted by Crippen LogP contribution is 2.33. The first kappa shape index (κ1) is 12.5. The van der Waals surface area contributed by atoms with Crippen molar-refractivity contribution >= 4 is 0 Å². The van der Waals surface area contributed by atoms with Gasteiger partial charge in [-0.15, -0.1) is 0 Å². The number of hydrogen-bond donors (Lipinski definition) is 1. The molecule has 0 bridgehead atoms. The van der Waals surface area contributed by atoms with Gasteiger partial charge in [0.2, 0.25) is 0 Å². The Morgan fingerprint density at radius 3 is 2.41 bits per heavy atom. The van der Waals surface area contributed by atoms with Gasteiger partial charge < -0.3 is 5.11 Å². The molecule has 0 unspecified atom stereocenters. The van der Waals surface area contributed by atoms with E-state index >= 15 is 0 Å². The predicted octanol–water partition coefficient (Wildman–Crippen LogP) is 2.24. The second-order valence-electron chi connectivity index (χ2n) is 4.79. The van der Waals surface area contributed by atoms with E-state index in [-0.39, 0.29) is 12.1 Å². The minimum Gasteiger partial charge on any atom is -0.387 e. The molecular formula is C13H17F2NO. The Kier molecular flexibility index (Phi) is 3.19. The Morgan fingerprint density at radius 1 is 1.29 bits per heavy atom. The van der Waals surface area contributed by atoms with E-state index in [4.69, 9.17) is 0 Å². The number of hydrogen-bond acceptors (Lipinski definition) is 2. The maximum absolute atomic E-state index is 13.9. The molecular weight excluding hydrogens is 224 g/mol. The fraction of sp³-hybridized carbons (Fsp3) is 0.538. The number of alkyl halides is 2. The van der Waals surface area contributed by atoms with Gasteiger partial charge >= 0.3 is 0 Å². The molecule has 1 fully saturated rings. The smallest absolute Gasteiger partial charge is 0.285 e. The molecule has 17 heavy (non-hydrogen) atoms. The van der Waals surface area contributed by atoms with Crippen LogP contribution in [0.25, 0.3) is 0 Å². The van der Waals surface area contributed by atoms with Gasteiger partial charge in [0, 0.05) is 18.7 Å². The number of β-amino-alcohol motifs (C(OH)–C–C–N with tert-alkyl or cyclic N) is 1. The van der Waals surface area contributed by atoms with Crippen LogP contribution in [0.5, 0.6) is 0 Å². The molecule has 1 saturated heterocycles. The molecule has 0 amide bonds. The molecule has 2 rings (SSSR count). The predicted molar refractivity (Wildman–Crippen MR) is 62.0 cm³/mol. The fourth-order valence-corrected chi connectivity index (χ4v) is 2.18. The van der Waals surface area contributed by atoms with Gasteiger partial charge in [-0.2, -0.15) is 8.78 Å². The zero-order chi connectivity index (χ0) is 12.5. The summed E-state index contributed by atoms with van der Waals surface area (Å²) < 4.78 is 27.7. The fourth-order valence-electron chi connectivity index (χ4n) is 2.18. The molecule has 0 spiro atoms. The van der Waals surface area contributed by atoms with E-state index in [1.54, 1.807) is 23.1 Å². The van der Waals surface area contributed by atoms with Gasteiger partial charge in [0.1, 0.15) is 0 Å². The number of rotatable bonds is 4. The number of nitrogens with zero attached hydrogens (tertiary/aromatic N) is 1. The van der Waals surface area contributed by atoms with Crippen LogP contribution in [0.4, 0.5) is 8.78 Å². The van der Waals surface area contributed by atoms with E-state index in [0.29, 0.717) is 19.5 Å². The second kappa shape index (κ2) is 4.35. The molecule has 0 aliphatic carbocycles. The number of halogens is 2. The Balaban J connectivity index is 1.96. The molecule has 94 valence electrons. The van der Waals surface area contributed by atoms with Gasteiger partial charge in [0.05, 0.1) is 12.1 Å². The minimum atomic E-state index is -2.85. The first-order valence-electron chi connectivity index (χ1n) is 5.83. The first-order chi connectivity index (χ1) is 7.95. The summed E-state index contributed by atoms with van der Waals surface area (Å²) in [6, 6.07) is 7.82. The highest BCUT2D eigenvalue weighted by Gasteiger charge is 2.44. The van der Waals surface area contributed by atoms with E-state index in [1.165, 1.54) is 12.1 Å². The van der Waals surface area contributed by atoms with Crippen molar-refractivity contribution in [3.05, 3.63) is 35.9 Å². The van der Waals surface area contributed by atoms with Crippen molar-refractivity contribution in [1.29, 1.82) is 0 Å². The number of likely N-dealkylation sites (tertiary alicyclic amines) is 1. The third-order valence-corrected chi connectivity index (χ3v) is 3.31. The van der Waals surface area contributed by atoms with E-state index in [2.05, 4.69) is 0 Å². The number of aliphatic hydroxyl groups is 1. The normalized spacial score (nSPS) is 20.0. The van der Waals surface area contributed by atoms with Crippen LogP contribution in [0.15, 0.2) is 30.3 Å². The van der Waals surface area contributed by atoms with Crippen molar-refractivity contribution in [1.82, 2.24) is 4.90 Å². The highest BCUT2D eigenvalue weighted by atomic mass is 19.3. The highest BCUT2D eigenvalue weighted by molar-refractivity contribution is 5.20. The zero-order valence-corrected chi connectivity index (χ0v) is 9.87.